The van der Waals surface area contributed by atoms with E-state index in [0.717, 1.165) is 45.1 Å². The number of rotatable bonds is 5. The molecule has 20 heavy (non-hydrogen) atoms. The molecule has 1 aromatic carbocycles. The maximum atomic E-state index is 11.4. The molecule has 6 nitrogen and oxygen atoms in total. The number of carbonyl (C=O) groups excluding carboxylic acids is 1. The zero-order valence-corrected chi connectivity index (χ0v) is 11.7. The first-order valence-corrected chi connectivity index (χ1v) is 6.72. The van der Waals surface area contributed by atoms with E-state index >= 15 is 0 Å². The van der Waals surface area contributed by atoms with Crippen LogP contribution in [0.25, 0.3) is 0 Å². The molecule has 0 aliphatic carbocycles. The number of nitrogens with zero attached hydrogens (tertiary/aromatic N) is 1. The van der Waals surface area contributed by atoms with Crippen molar-refractivity contribution in [2.24, 2.45) is 0 Å². The minimum Gasteiger partial charge on any atom is -0.465 e. The summed E-state index contributed by atoms with van der Waals surface area (Å²) in [6, 6.07) is 5.14. The van der Waals surface area contributed by atoms with Crippen molar-refractivity contribution in [2.45, 2.75) is 0 Å². The van der Waals surface area contributed by atoms with E-state index in [1.807, 2.05) is 0 Å². The molecular formula is C14H21N3O3. The SMILES string of the molecule is COC(=O)c1ccc(NCCN2CCOCC2)c(N)c1. The van der Waals surface area contributed by atoms with Gasteiger partial charge in [-0.3, -0.25) is 4.90 Å². The van der Waals surface area contributed by atoms with E-state index < -0.39 is 0 Å². The van der Waals surface area contributed by atoms with Gasteiger partial charge in [0.2, 0.25) is 0 Å². The van der Waals surface area contributed by atoms with E-state index in [-0.39, 0.29) is 5.97 Å². The number of ether oxygens (including phenoxy) is 2. The Bertz CT molecular complexity index is 459. The van der Waals surface area contributed by atoms with Gasteiger partial charge in [0.05, 0.1) is 37.3 Å². The fourth-order valence-electron chi connectivity index (χ4n) is 2.14. The predicted octanol–water partition coefficient (Wildman–Crippen LogP) is 0.799. The van der Waals surface area contributed by atoms with Crippen molar-refractivity contribution >= 4 is 17.3 Å². The molecule has 1 aliphatic rings. The maximum absolute atomic E-state index is 11.4. The van der Waals surface area contributed by atoms with Crippen LogP contribution < -0.4 is 11.1 Å². The minimum absolute atomic E-state index is 0.378. The van der Waals surface area contributed by atoms with Gasteiger partial charge in [-0.2, -0.15) is 0 Å². The number of carbonyl (C=O) groups is 1. The van der Waals surface area contributed by atoms with Crippen LogP contribution in [0.2, 0.25) is 0 Å². The van der Waals surface area contributed by atoms with Gasteiger partial charge in [0.15, 0.2) is 0 Å². The van der Waals surface area contributed by atoms with Crippen LogP contribution in [0, 0.1) is 0 Å². The van der Waals surface area contributed by atoms with E-state index in [9.17, 15) is 4.79 Å². The molecule has 0 atom stereocenters. The Morgan fingerprint density at radius 2 is 2.20 bits per heavy atom. The second-order valence-corrected chi connectivity index (χ2v) is 4.67. The molecule has 110 valence electrons. The number of methoxy groups -OCH3 is 1. The lowest BCUT2D eigenvalue weighted by Gasteiger charge is -2.26. The van der Waals surface area contributed by atoms with Crippen LogP contribution >= 0.6 is 0 Å². The molecule has 0 unspecified atom stereocenters. The highest BCUT2D eigenvalue weighted by Gasteiger charge is 2.10. The average Bonchev–Trinajstić information content (AvgIpc) is 2.49. The van der Waals surface area contributed by atoms with Crippen LogP contribution in [0.3, 0.4) is 0 Å². The summed E-state index contributed by atoms with van der Waals surface area (Å²) in [5.74, 6) is -0.378. The second-order valence-electron chi connectivity index (χ2n) is 4.67. The van der Waals surface area contributed by atoms with E-state index in [1.54, 1.807) is 18.2 Å². The summed E-state index contributed by atoms with van der Waals surface area (Å²) in [7, 11) is 1.35. The van der Waals surface area contributed by atoms with Crippen LogP contribution in [0.5, 0.6) is 0 Å². The average molecular weight is 279 g/mol. The summed E-state index contributed by atoms with van der Waals surface area (Å²) in [5, 5.41) is 3.28. The van der Waals surface area contributed by atoms with Gasteiger partial charge in [0, 0.05) is 26.2 Å². The molecule has 0 saturated carbocycles. The van der Waals surface area contributed by atoms with E-state index in [0.29, 0.717) is 11.3 Å². The molecule has 0 amide bonds. The summed E-state index contributed by atoms with van der Waals surface area (Å²) in [6.07, 6.45) is 0. The summed E-state index contributed by atoms with van der Waals surface area (Å²) in [5.41, 5.74) is 7.78. The number of hydrogen-bond acceptors (Lipinski definition) is 6. The number of hydrogen-bond donors (Lipinski definition) is 2. The first-order chi connectivity index (χ1) is 9.70. The van der Waals surface area contributed by atoms with Gasteiger partial charge >= 0.3 is 5.97 Å². The number of anilines is 2. The highest BCUT2D eigenvalue weighted by atomic mass is 16.5. The number of nitrogen functional groups attached to an aromatic ring is 1. The largest absolute Gasteiger partial charge is 0.465 e. The molecule has 2 rings (SSSR count). The molecule has 6 heteroatoms. The molecule has 0 bridgehead atoms. The third kappa shape index (κ3) is 3.85. The van der Waals surface area contributed by atoms with Crippen molar-refractivity contribution in [3.05, 3.63) is 23.8 Å². The van der Waals surface area contributed by atoms with Gasteiger partial charge in [-0.25, -0.2) is 4.79 Å². The predicted molar refractivity (Wildman–Crippen MR) is 77.9 cm³/mol. The highest BCUT2D eigenvalue weighted by molar-refractivity contribution is 5.91. The second kappa shape index (κ2) is 7.12. The Labute approximate surface area is 118 Å². The third-order valence-corrected chi connectivity index (χ3v) is 3.32. The third-order valence-electron chi connectivity index (χ3n) is 3.32. The quantitative estimate of drug-likeness (QED) is 0.613. The molecular weight excluding hydrogens is 258 g/mol. The van der Waals surface area contributed by atoms with Crippen molar-refractivity contribution in [2.75, 3.05) is 57.6 Å². The Hall–Kier alpha value is -1.79. The van der Waals surface area contributed by atoms with Crippen molar-refractivity contribution in [3.63, 3.8) is 0 Å². The van der Waals surface area contributed by atoms with Gasteiger partial charge in [-0.15, -0.1) is 0 Å². The first kappa shape index (κ1) is 14.6. The molecule has 0 spiro atoms. The van der Waals surface area contributed by atoms with Crippen molar-refractivity contribution in [3.8, 4) is 0 Å². The molecule has 1 heterocycles. The van der Waals surface area contributed by atoms with Crippen LogP contribution in [0.15, 0.2) is 18.2 Å². The summed E-state index contributed by atoms with van der Waals surface area (Å²) in [6.45, 7) is 5.30. The normalized spacial score (nSPS) is 15.8. The standard InChI is InChI=1S/C14H21N3O3/c1-19-14(18)11-2-3-13(12(15)10-11)16-4-5-17-6-8-20-9-7-17/h2-3,10,16H,4-9,15H2,1H3. The van der Waals surface area contributed by atoms with Crippen LogP contribution in [0.1, 0.15) is 10.4 Å². The Balaban J connectivity index is 1.84. The van der Waals surface area contributed by atoms with Gasteiger partial charge < -0.3 is 20.5 Å². The smallest absolute Gasteiger partial charge is 0.337 e. The fourth-order valence-corrected chi connectivity index (χ4v) is 2.14. The van der Waals surface area contributed by atoms with Gasteiger partial charge in [-0.05, 0) is 18.2 Å². The number of nitrogens with one attached hydrogen (secondary N) is 1. The molecule has 1 aliphatic heterocycles. The van der Waals surface area contributed by atoms with Crippen molar-refractivity contribution in [1.29, 1.82) is 0 Å². The van der Waals surface area contributed by atoms with E-state index in [4.69, 9.17) is 10.5 Å². The monoisotopic (exact) mass is 279 g/mol. The van der Waals surface area contributed by atoms with Crippen LogP contribution in [-0.2, 0) is 9.47 Å². The minimum atomic E-state index is -0.378. The Morgan fingerprint density at radius 1 is 1.45 bits per heavy atom. The summed E-state index contributed by atoms with van der Waals surface area (Å²) < 4.78 is 9.96. The van der Waals surface area contributed by atoms with Crippen LogP contribution in [0.4, 0.5) is 11.4 Å². The lowest BCUT2D eigenvalue weighted by Crippen LogP contribution is -2.39. The molecule has 1 saturated heterocycles. The summed E-state index contributed by atoms with van der Waals surface area (Å²) >= 11 is 0. The number of benzene rings is 1. The Morgan fingerprint density at radius 3 is 2.85 bits per heavy atom. The first-order valence-electron chi connectivity index (χ1n) is 6.72. The maximum Gasteiger partial charge on any atom is 0.337 e. The molecule has 1 aromatic rings. The molecule has 0 aromatic heterocycles. The lowest BCUT2D eigenvalue weighted by atomic mass is 10.1. The number of esters is 1. The van der Waals surface area contributed by atoms with Gasteiger partial charge in [0.1, 0.15) is 0 Å². The molecule has 3 N–H and O–H groups in total. The van der Waals surface area contributed by atoms with E-state index in [1.165, 1.54) is 7.11 Å². The van der Waals surface area contributed by atoms with Gasteiger partial charge in [-0.1, -0.05) is 0 Å². The van der Waals surface area contributed by atoms with E-state index in [2.05, 4.69) is 15.0 Å². The number of nitrogens with two attached hydrogens (primary N) is 1. The topological polar surface area (TPSA) is 76.8 Å². The van der Waals surface area contributed by atoms with Crippen LogP contribution in [-0.4, -0.2) is 57.4 Å². The van der Waals surface area contributed by atoms with Gasteiger partial charge in [0.25, 0.3) is 0 Å². The number of morpholine rings is 1. The van der Waals surface area contributed by atoms with Crippen molar-refractivity contribution < 1.29 is 14.3 Å². The molecule has 1 fully saturated rings. The lowest BCUT2D eigenvalue weighted by molar-refractivity contribution is 0.0398. The zero-order valence-electron chi connectivity index (χ0n) is 11.7. The fraction of sp³-hybridized carbons (Fsp3) is 0.500. The highest BCUT2D eigenvalue weighted by Crippen LogP contribution is 2.20. The molecule has 0 radical (unpaired) electrons. The Kier molecular flexibility index (Phi) is 5.20. The summed E-state index contributed by atoms with van der Waals surface area (Å²) in [4.78, 5) is 13.7. The van der Waals surface area contributed by atoms with Crippen molar-refractivity contribution in [1.82, 2.24) is 4.90 Å². The zero-order chi connectivity index (χ0) is 14.4.